The maximum atomic E-state index is 3.35. The Labute approximate surface area is 60.4 Å². The molecule has 2 nitrogen and oxygen atoms in total. The monoisotopic (exact) mass is 130 g/mol. The molecule has 8 heavy (non-hydrogen) atoms. The molecule has 1 heterocycles. The normalized spacial score (nSPS) is 32.9. The maximum absolute atomic E-state index is 3.35. The molecule has 3 heteroatoms. The zero-order valence-electron chi connectivity index (χ0n) is 5.65. The number of rotatable bonds is 0. The predicted octanol–water partition coefficient (Wildman–Crippen LogP) is -0.926. The lowest BCUT2D eigenvalue weighted by atomic mass is 10.3. The van der Waals surface area contributed by atoms with Crippen molar-refractivity contribution in [1.82, 2.24) is 9.20 Å². The molecule has 1 rings (SSSR count). The molecule has 1 fully saturated rings. The third-order valence-electron chi connectivity index (χ3n) is 1.83. The van der Waals surface area contributed by atoms with Crippen molar-refractivity contribution in [3.63, 3.8) is 0 Å². The van der Waals surface area contributed by atoms with Crippen LogP contribution in [0.2, 0.25) is 0 Å². The lowest BCUT2D eigenvalue weighted by molar-refractivity contribution is 0.297. The topological polar surface area (TPSA) is 15.3 Å². The highest BCUT2D eigenvalue weighted by Gasteiger charge is 2.10. The standard InChI is InChI=1S/C5H11N2.Al.H2.2H/c1-5-4-6-2-3-7-5;;;;/h5-6H,2-4H2,1H3;;1H;;/q-1;+1;;;. The van der Waals surface area contributed by atoms with Crippen LogP contribution in [-0.4, -0.2) is 46.1 Å². The van der Waals surface area contributed by atoms with Gasteiger partial charge in [-0.1, -0.05) is 6.92 Å². The lowest BCUT2D eigenvalue weighted by Gasteiger charge is -2.31. The van der Waals surface area contributed by atoms with E-state index in [1.54, 1.807) is 0 Å². The van der Waals surface area contributed by atoms with Gasteiger partial charge in [-0.05, 0) is 12.6 Å². The van der Waals surface area contributed by atoms with E-state index < -0.39 is 0 Å². The fourth-order valence-corrected chi connectivity index (χ4v) is 1.35. The molecule has 48 valence electrons. The summed E-state index contributed by atoms with van der Waals surface area (Å²) in [5.41, 5.74) is 0. The van der Waals surface area contributed by atoms with Crippen molar-refractivity contribution < 1.29 is 1.43 Å². The minimum atomic E-state index is 0. The van der Waals surface area contributed by atoms with Gasteiger partial charge in [0.1, 0.15) is 0 Å². The van der Waals surface area contributed by atoms with Gasteiger partial charge in [-0.2, -0.15) is 0 Å². The molecule has 0 saturated carbocycles. The SMILES string of the molecule is CC1CNCC[N]1[AlH2].[HH]. The van der Waals surface area contributed by atoms with Crippen molar-refractivity contribution in [2.45, 2.75) is 13.0 Å². The van der Waals surface area contributed by atoms with Crippen LogP contribution in [0, 0.1) is 0 Å². The van der Waals surface area contributed by atoms with Gasteiger partial charge >= 0.3 is 16.5 Å². The van der Waals surface area contributed by atoms with E-state index in [0.29, 0.717) is 0 Å². The molecule has 0 bridgehead atoms. The summed E-state index contributed by atoms with van der Waals surface area (Å²) in [6.45, 7) is 5.91. The van der Waals surface area contributed by atoms with Gasteiger partial charge in [-0.25, -0.2) is 0 Å². The summed E-state index contributed by atoms with van der Waals surface area (Å²) in [6, 6.07) is 0.787. The van der Waals surface area contributed by atoms with Crippen LogP contribution in [-0.2, 0) is 0 Å². The van der Waals surface area contributed by atoms with Crippen LogP contribution in [0.4, 0.5) is 0 Å². The van der Waals surface area contributed by atoms with Crippen LogP contribution in [0.3, 0.4) is 0 Å². The van der Waals surface area contributed by atoms with E-state index in [9.17, 15) is 0 Å². The summed E-state index contributed by atoms with van der Waals surface area (Å²) in [6.07, 6.45) is 0. The van der Waals surface area contributed by atoms with E-state index in [0.717, 1.165) is 6.04 Å². The summed E-state index contributed by atoms with van der Waals surface area (Å²) in [5.74, 6) is 0. The number of piperazine rings is 1. The fraction of sp³-hybridized carbons (Fsp3) is 1.00. The van der Waals surface area contributed by atoms with Gasteiger partial charge in [0.2, 0.25) is 0 Å². The summed E-state index contributed by atoms with van der Waals surface area (Å²) < 4.78 is 2.51. The van der Waals surface area contributed by atoms with Crippen LogP contribution in [0.5, 0.6) is 0 Å². The second kappa shape index (κ2) is 2.84. The van der Waals surface area contributed by atoms with Crippen molar-refractivity contribution in [3.05, 3.63) is 0 Å². The molecule has 0 aromatic rings. The van der Waals surface area contributed by atoms with Crippen LogP contribution >= 0.6 is 0 Å². The van der Waals surface area contributed by atoms with Crippen molar-refractivity contribution in [1.29, 1.82) is 0 Å². The second-order valence-electron chi connectivity index (χ2n) is 2.53. The van der Waals surface area contributed by atoms with Gasteiger partial charge in [-0.15, -0.1) is 0 Å². The smallest absolute Gasteiger partial charge is 0.322 e. The molecule has 1 aliphatic rings. The summed E-state index contributed by atoms with van der Waals surface area (Å²) >= 11 is 1.23. The van der Waals surface area contributed by atoms with Crippen molar-refractivity contribution >= 4 is 16.5 Å². The summed E-state index contributed by atoms with van der Waals surface area (Å²) in [4.78, 5) is 0. The Balaban J connectivity index is 0.000000640. The molecule has 1 saturated heterocycles. The van der Waals surface area contributed by atoms with Crippen molar-refractivity contribution in [2.24, 2.45) is 0 Å². The molecule has 1 atom stereocenters. The molecule has 0 aliphatic carbocycles. The first-order chi connectivity index (χ1) is 3.80. The number of hydrogen-bond acceptors (Lipinski definition) is 2. The first-order valence-electron chi connectivity index (χ1n) is 3.21. The van der Waals surface area contributed by atoms with E-state index in [1.807, 2.05) is 0 Å². The highest BCUT2D eigenvalue weighted by atomic mass is 27.1. The Morgan fingerprint density at radius 2 is 2.62 bits per heavy atom. The average molecular weight is 130 g/mol. The quantitative estimate of drug-likeness (QED) is 0.426. The van der Waals surface area contributed by atoms with Crippen LogP contribution < -0.4 is 5.32 Å². The Morgan fingerprint density at radius 1 is 1.88 bits per heavy atom. The molecule has 0 radical (unpaired) electrons. The highest BCUT2D eigenvalue weighted by molar-refractivity contribution is 6.04. The van der Waals surface area contributed by atoms with E-state index in [-0.39, 0.29) is 1.43 Å². The van der Waals surface area contributed by atoms with Crippen LogP contribution in [0.15, 0.2) is 0 Å². The van der Waals surface area contributed by atoms with Crippen LogP contribution in [0.1, 0.15) is 8.35 Å². The number of nitrogens with zero attached hydrogens (tertiary/aromatic N) is 1. The number of nitrogens with one attached hydrogen (secondary N) is 1. The third kappa shape index (κ3) is 1.46. The fourth-order valence-electron chi connectivity index (χ4n) is 0.943. The highest BCUT2D eigenvalue weighted by Crippen LogP contribution is 1.95. The first kappa shape index (κ1) is 6.57. The molecule has 1 N–H and O–H groups in total. The van der Waals surface area contributed by atoms with E-state index in [2.05, 4.69) is 16.1 Å². The van der Waals surface area contributed by atoms with Crippen molar-refractivity contribution in [2.75, 3.05) is 19.6 Å². The van der Waals surface area contributed by atoms with Crippen LogP contribution in [0.25, 0.3) is 0 Å². The van der Waals surface area contributed by atoms with Gasteiger partial charge in [0.05, 0.1) is 0 Å². The zero-order valence-corrected chi connectivity index (χ0v) is 7.65. The first-order valence-corrected chi connectivity index (χ1v) is 4.11. The van der Waals surface area contributed by atoms with E-state index in [1.165, 1.54) is 36.1 Å². The summed E-state index contributed by atoms with van der Waals surface area (Å²) in [7, 11) is 0. The minimum Gasteiger partial charge on any atom is -0.386 e. The molecular weight excluding hydrogens is 115 g/mol. The Kier molecular flexibility index (Phi) is 2.33. The van der Waals surface area contributed by atoms with Gasteiger partial charge in [0.15, 0.2) is 0 Å². The molecule has 0 aromatic heterocycles. The Hall–Kier alpha value is 0.452. The minimum absolute atomic E-state index is 0. The molecule has 1 unspecified atom stereocenters. The van der Waals surface area contributed by atoms with E-state index in [4.69, 9.17) is 0 Å². The molecule has 0 spiro atoms. The second-order valence-corrected chi connectivity index (χ2v) is 3.68. The largest absolute Gasteiger partial charge is 0.386 e. The zero-order chi connectivity index (χ0) is 5.98. The molecule has 0 amide bonds. The Morgan fingerprint density at radius 3 is 3.00 bits per heavy atom. The lowest BCUT2D eigenvalue weighted by Crippen LogP contribution is -2.48. The molecular formula is C5H15AlN2. The molecule has 0 aromatic carbocycles. The van der Waals surface area contributed by atoms with Gasteiger partial charge in [0, 0.05) is 14.5 Å². The predicted molar refractivity (Wildman–Crippen MR) is 39.7 cm³/mol. The summed E-state index contributed by atoms with van der Waals surface area (Å²) in [5, 5.41) is 3.35. The Bertz CT molecular complexity index is 71.4. The average Bonchev–Trinajstić information content (AvgIpc) is 1.77. The third-order valence-corrected chi connectivity index (χ3v) is 3.16. The van der Waals surface area contributed by atoms with Gasteiger partial charge < -0.3 is 9.20 Å². The van der Waals surface area contributed by atoms with E-state index >= 15 is 0 Å². The molecule has 1 aliphatic heterocycles. The maximum Gasteiger partial charge on any atom is 0.322 e. The number of hydrogen-bond donors (Lipinski definition) is 1. The van der Waals surface area contributed by atoms with Gasteiger partial charge in [0.25, 0.3) is 0 Å². The van der Waals surface area contributed by atoms with Crippen molar-refractivity contribution in [3.8, 4) is 0 Å². The van der Waals surface area contributed by atoms with Gasteiger partial charge in [-0.3, -0.25) is 0 Å².